The maximum atomic E-state index is 5.27. The lowest BCUT2D eigenvalue weighted by molar-refractivity contribution is 0.519. The summed E-state index contributed by atoms with van der Waals surface area (Å²) in [6.07, 6.45) is 9.22. The SMILES string of the molecule is C#C[C@H]1CCC[C@@H]1C. The number of hydrogen-bond donors (Lipinski definition) is 0. The average molecular weight is 108 g/mol. The highest BCUT2D eigenvalue weighted by Crippen LogP contribution is 2.29. The van der Waals surface area contributed by atoms with E-state index >= 15 is 0 Å². The number of rotatable bonds is 0. The number of hydrogen-bond acceptors (Lipinski definition) is 0. The summed E-state index contributed by atoms with van der Waals surface area (Å²) in [6, 6.07) is 0. The Morgan fingerprint density at radius 1 is 1.50 bits per heavy atom. The van der Waals surface area contributed by atoms with Crippen molar-refractivity contribution >= 4 is 0 Å². The van der Waals surface area contributed by atoms with Gasteiger partial charge in [-0.3, -0.25) is 0 Å². The molecule has 0 bridgehead atoms. The monoisotopic (exact) mass is 108 g/mol. The van der Waals surface area contributed by atoms with Crippen molar-refractivity contribution in [3.63, 3.8) is 0 Å². The zero-order valence-corrected chi connectivity index (χ0v) is 5.35. The first kappa shape index (κ1) is 5.69. The lowest BCUT2D eigenvalue weighted by Gasteiger charge is -2.04. The Labute approximate surface area is 51.3 Å². The molecule has 0 saturated heterocycles. The van der Waals surface area contributed by atoms with Gasteiger partial charge in [-0.25, -0.2) is 0 Å². The standard InChI is InChI=1S/C8H12/c1-3-8-6-4-5-7(8)2/h1,7-8H,4-6H2,2H3/t7-,8-/m0/s1. The topological polar surface area (TPSA) is 0 Å². The highest BCUT2D eigenvalue weighted by molar-refractivity contribution is 4.97. The Hall–Kier alpha value is -0.440. The zero-order valence-electron chi connectivity index (χ0n) is 5.35. The molecular formula is C8H12. The molecule has 1 aliphatic carbocycles. The van der Waals surface area contributed by atoms with Gasteiger partial charge in [0.25, 0.3) is 0 Å². The van der Waals surface area contributed by atoms with Crippen LogP contribution in [0.3, 0.4) is 0 Å². The van der Waals surface area contributed by atoms with Crippen LogP contribution in [0.4, 0.5) is 0 Å². The molecule has 0 aliphatic heterocycles. The van der Waals surface area contributed by atoms with Gasteiger partial charge in [0.1, 0.15) is 0 Å². The van der Waals surface area contributed by atoms with Crippen molar-refractivity contribution < 1.29 is 0 Å². The molecule has 0 spiro atoms. The molecule has 0 amide bonds. The van der Waals surface area contributed by atoms with Crippen molar-refractivity contribution in [3.05, 3.63) is 0 Å². The van der Waals surface area contributed by atoms with Crippen LogP contribution in [0.1, 0.15) is 26.2 Å². The van der Waals surface area contributed by atoms with Gasteiger partial charge in [-0.15, -0.1) is 12.3 Å². The van der Waals surface area contributed by atoms with E-state index in [1.165, 1.54) is 19.3 Å². The molecule has 2 atom stereocenters. The second-order valence-corrected chi connectivity index (χ2v) is 2.68. The predicted molar refractivity (Wildman–Crippen MR) is 35.3 cm³/mol. The highest BCUT2D eigenvalue weighted by Gasteiger charge is 2.20. The Morgan fingerprint density at radius 3 is 2.50 bits per heavy atom. The predicted octanol–water partition coefficient (Wildman–Crippen LogP) is 2.06. The van der Waals surface area contributed by atoms with Crippen LogP contribution in [0, 0.1) is 24.2 Å². The number of terminal acetylenes is 1. The molecule has 8 heavy (non-hydrogen) atoms. The third kappa shape index (κ3) is 0.865. The third-order valence-electron chi connectivity index (χ3n) is 2.08. The zero-order chi connectivity index (χ0) is 5.98. The molecule has 0 nitrogen and oxygen atoms in total. The molecule has 1 rings (SSSR count). The molecule has 44 valence electrons. The van der Waals surface area contributed by atoms with Gasteiger partial charge in [-0.2, -0.15) is 0 Å². The molecule has 1 saturated carbocycles. The minimum atomic E-state index is 0.593. The van der Waals surface area contributed by atoms with Crippen LogP contribution in [0.15, 0.2) is 0 Å². The van der Waals surface area contributed by atoms with Gasteiger partial charge in [0.15, 0.2) is 0 Å². The van der Waals surface area contributed by atoms with E-state index in [0.29, 0.717) is 5.92 Å². The first-order valence-electron chi connectivity index (χ1n) is 3.30. The van der Waals surface area contributed by atoms with E-state index in [-0.39, 0.29) is 0 Å². The van der Waals surface area contributed by atoms with Gasteiger partial charge in [0.2, 0.25) is 0 Å². The maximum absolute atomic E-state index is 5.27. The summed E-state index contributed by atoms with van der Waals surface area (Å²) in [5.74, 6) is 4.20. The molecule has 0 heteroatoms. The van der Waals surface area contributed by atoms with Crippen molar-refractivity contribution in [1.29, 1.82) is 0 Å². The molecule has 1 fully saturated rings. The molecular weight excluding hydrogens is 96.1 g/mol. The van der Waals surface area contributed by atoms with Crippen LogP contribution >= 0.6 is 0 Å². The largest absolute Gasteiger partial charge is 0.120 e. The summed E-state index contributed by atoms with van der Waals surface area (Å²) in [4.78, 5) is 0. The van der Waals surface area contributed by atoms with Crippen LogP contribution in [0.5, 0.6) is 0 Å². The maximum Gasteiger partial charge on any atom is 0.0225 e. The first-order chi connectivity index (χ1) is 3.84. The summed E-state index contributed by atoms with van der Waals surface area (Å²) in [5.41, 5.74) is 0. The van der Waals surface area contributed by atoms with Gasteiger partial charge in [-0.05, 0) is 18.8 Å². The van der Waals surface area contributed by atoms with Gasteiger partial charge in [0, 0.05) is 5.92 Å². The first-order valence-corrected chi connectivity index (χ1v) is 3.30. The Balaban J connectivity index is 2.45. The normalized spacial score (nSPS) is 37.0. The van der Waals surface area contributed by atoms with Crippen molar-refractivity contribution in [1.82, 2.24) is 0 Å². The quantitative estimate of drug-likeness (QED) is 0.417. The Kier molecular flexibility index (Phi) is 1.58. The van der Waals surface area contributed by atoms with Crippen LogP contribution in [-0.4, -0.2) is 0 Å². The van der Waals surface area contributed by atoms with Gasteiger partial charge < -0.3 is 0 Å². The smallest absolute Gasteiger partial charge is 0.0225 e. The molecule has 0 heterocycles. The molecule has 0 aromatic carbocycles. The highest BCUT2D eigenvalue weighted by atomic mass is 14.2. The second-order valence-electron chi connectivity index (χ2n) is 2.68. The van der Waals surface area contributed by atoms with E-state index in [4.69, 9.17) is 6.42 Å². The molecule has 0 N–H and O–H groups in total. The van der Waals surface area contributed by atoms with Crippen molar-refractivity contribution in [2.24, 2.45) is 11.8 Å². The van der Waals surface area contributed by atoms with Gasteiger partial charge in [0.05, 0.1) is 0 Å². The lowest BCUT2D eigenvalue weighted by atomic mass is 10.00. The summed E-state index contributed by atoms with van der Waals surface area (Å²) in [6.45, 7) is 2.25. The van der Waals surface area contributed by atoms with Crippen LogP contribution in [0.2, 0.25) is 0 Å². The van der Waals surface area contributed by atoms with Crippen LogP contribution in [0.25, 0.3) is 0 Å². The van der Waals surface area contributed by atoms with Crippen LogP contribution in [-0.2, 0) is 0 Å². The van der Waals surface area contributed by atoms with Crippen LogP contribution < -0.4 is 0 Å². The molecule has 0 aromatic rings. The summed E-state index contributed by atoms with van der Waals surface area (Å²) < 4.78 is 0. The van der Waals surface area contributed by atoms with E-state index in [9.17, 15) is 0 Å². The fourth-order valence-electron chi connectivity index (χ4n) is 1.39. The van der Waals surface area contributed by atoms with E-state index < -0.39 is 0 Å². The van der Waals surface area contributed by atoms with Crippen molar-refractivity contribution in [2.75, 3.05) is 0 Å². The molecule has 0 radical (unpaired) electrons. The molecule has 0 unspecified atom stereocenters. The van der Waals surface area contributed by atoms with E-state index in [0.717, 1.165) is 5.92 Å². The fraction of sp³-hybridized carbons (Fsp3) is 0.750. The lowest BCUT2D eigenvalue weighted by Crippen LogP contribution is -1.98. The Morgan fingerprint density at radius 2 is 2.25 bits per heavy atom. The Bertz CT molecular complexity index is 108. The van der Waals surface area contributed by atoms with Gasteiger partial charge >= 0.3 is 0 Å². The summed E-state index contributed by atoms with van der Waals surface area (Å²) in [7, 11) is 0. The second kappa shape index (κ2) is 2.22. The summed E-state index contributed by atoms with van der Waals surface area (Å²) >= 11 is 0. The van der Waals surface area contributed by atoms with E-state index in [1.54, 1.807) is 0 Å². The van der Waals surface area contributed by atoms with E-state index in [1.807, 2.05) is 0 Å². The minimum Gasteiger partial charge on any atom is -0.120 e. The summed E-state index contributed by atoms with van der Waals surface area (Å²) in [5, 5.41) is 0. The third-order valence-corrected chi connectivity index (χ3v) is 2.08. The average Bonchev–Trinajstić information content (AvgIpc) is 2.14. The van der Waals surface area contributed by atoms with Crippen molar-refractivity contribution in [3.8, 4) is 12.3 Å². The van der Waals surface area contributed by atoms with Crippen molar-refractivity contribution in [2.45, 2.75) is 26.2 Å². The molecule has 1 aliphatic rings. The fourth-order valence-corrected chi connectivity index (χ4v) is 1.39. The van der Waals surface area contributed by atoms with E-state index in [2.05, 4.69) is 12.8 Å². The minimum absolute atomic E-state index is 0.593. The van der Waals surface area contributed by atoms with Gasteiger partial charge in [-0.1, -0.05) is 13.3 Å². The molecule has 0 aromatic heterocycles.